The summed E-state index contributed by atoms with van der Waals surface area (Å²) >= 11 is 1.32. The quantitative estimate of drug-likeness (QED) is 0.590. The number of nitrogens with two attached hydrogens (primary N) is 1. The number of amidine groups is 1. The zero-order valence-corrected chi connectivity index (χ0v) is 17.3. The molecule has 1 saturated heterocycles. The van der Waals surface area contributed by atoms with E-state index in [1.165, 1.54) is 11.8 Å². The molecule has 6 nitrogen and oxygen atoms in total. The summed E-state index contributed by atoms with van der Waals surface area (Å²) in [5.41, 5.74) is 7.46. The first-order chi connectivity index (χ1) is 15.1. The molecule has 0 atom stereocenters. The minimum atomic E-state index is -0.537. The molecule has 0 unspecified atom stereocenters. The number of aliphatic imine (C=N–C) groups is 1. The van der Waals surface area contributed by atoms with Crippen LogP contribution in [0.2, 0.25) is 0 Å². The summed E-state index contributed by atoms with van der Waals surface area (Å²) < 4.78 is 5.28. The van der Waals surface area contributed by atoms with Gasteiger partial charge in [-0.2, -0.15) is 0 Å². The molecular formula is C24H19N3O3S. The Labute approximate surface area is 184 Å². The number of carbonyl (C=O) groups is 2. The van der Waals surface area contributed by atoms with Gasteiger partial charge < -0.3 is 10.5 Å². The number of primary amides is 1. The Morgan fingerprint density at radius 3 is 2.26 bits per heavy atom. The van der Waals surface area contributed by atoms with Crippen LogP contribution >= 0.6 is 11.8 Å². The lowest BCUT2D eigenvalue weighted by molar-refractivity contribution is -0.120. The Morgan fingerprint density at radius 2 is 1.61 bits per heavy atom. The number of benzene rings is 3. The molecule has 1 fully saturated rings. The van der Waals surface area contributed by atoms with Gasteiger partial charge in [-0.3, -0.25) is 14.5 Å². The number of anilines is 1. The molecule has 0 bridgehead atoms. The highest BCUT2D eigenvalue weighted by Crippen LogP contribution is 2.37. The zero-order chi connectivity index (χ0) is 21.6. The van der Waals surface area contributed by atoms with Crippen molar-refractivity contribution in [3.63, 3.8) is 0 Å². The molecular weight excluding hydrogens is 410 g/mol. The molecule has 0 spiro atoms. The second-order valence-corrected chi connectivity index (χ2v) is 7.65. The third-order valence-electron chi connectivity index (χ3n) is 4.36. The van der Waals surface area contributed by atoms with Crippen molar-refractivity contribution in [1.82, 2.24) is 0 Å². The van der Waals surface area contributed by atoms with Crippen LogP contribution in [0.3, 0.4) is 0 Å². The van der Waals surface area contributed by atoms with Crippen LogP contribution in [-0.4, -0.2) is 23.6 Å². The molecule has 0 radical (unpaired) electrons. The fraction of sp³-hybridized carbons (Fsp3) is 0.0417. The number of para-hydroxylation sites is 2. The minimum absolute atomic E-state index is 0.139. The molecule has 31 heavy (non-hydrogen) atoms. The number of amides is 2. The van der Waals surface area contributed by atoms with Gasteiger partial charge in [0, 0.05) is 0 Å². The lowest BCUT2D eigenvalue weighted by Gasteiger charge is -2.15. The fourth-order valence-corrected chi connectivity index (χ4v) is 3.93. The SMILES string of the molecule is NC(=O)COc1ccc(/C=C2\SC(=Nc3ccccc3)N(c3ccccc3)C2=O)cc1. The van der Waals surface area contributed by atoms with E-state index >= 15 is 0 Å². The van der Waals surface area contributed by atoms with Gasteiger partial charge in [-0.25, -0.2) is 4.99 Å². The van der Waals surface area contributed by atoms with Gasteiger partial charge in [0.1, 0.15) is 5.75 Å². The third kappa shape index (κ3) is 5.02. The summed E-state index contributed by atoms with van der Waals surface area (Å²) in [4.78, 5) is 31.0. The van der Waals surface area contributed by atoms with Gasteiger partial charge in [-0.05, 0) is 59.8 Å². The highest BCUT2D eigenvalue weighted by atomic mass is 32.2. The van der Waals surface area contributed by atoms with E-state index in [4.69, 9.17) is 15.5 Å². The van der Waals surface area contributed by atoms with Crippen molar-refractivity contribution in [2.75, 3.05) is 11.5 Å². The second kappa shape index (κ2) is 9.32. The van der Waals surface area contributed by atoms with Gasteiger partial charge in [-0.15, -0.1) is 0 Å². The molecule has 154 valence electrons. The highest BCUT2D eigenvalue weighted by molar-refractivity contribution is 8.19. The molecule has 0 aliphatic carbocycles. The van der Waals surface area contributed by atoms with Gasteiger partial charge >= 0.3 is 0 Å². The molecule has 2 N–H and O–H groups in total. The lowest BCUT2D eigenvalue weighted by Crippen LogP contribution is -2.28. The van der Waals surface area contributed by atoms with Crippen LogP contribution in [0.5, 0.6) is 5.75 Å². The topological polar surface area (TPSA) is 85.0 Å². The Hall–Kier alpha value is -3.84. The summed E-state index contributed by atoms with van der Waals surface area (Å²) in [5.74, 6) is -0.145. The van der Waals surface area contributed by atoms with Crippen molar-refractivity contribution in [1.29, 1.82) is 0 Å². The Balaban J connectivity index is 1.64. The molecule has 3 aromatic rings. The summed E-state index contributed by atoms with van der Waals surface area (Å²) in [5, 5.41) is 0.593. The van der Waals surface area contributed by atoms with Crippen LogP contribution in [0.25, 0.3) is 6.08 Å². The van der Waals surface area contributed by atoms with E-state index in [1.807, 2.05) is 78.9 Å². The number of rotatable bonds is 6. The van der Waals surface area contributed by atoms with Gasteiger partial charge in [0.05, 0.1) is 16.3 Å². The number of hydrogen-bond donors (Lipinski definition) is 1. The second-order valence-electron chi connectivity index (χ2n) is 6.64. The number of nitrogens with zero attached hydrogens (tertiary/aromatic N) is 2. The molecule has 0 saturated carbocycles. The van der Waals surface area contributed by atoms with Crippen molar-refractivity contribution in [2.45, 2.75) is 0 Å². The van der Waals surface area contributed by atoms with E-state index in [1.54, 1.807) is 17.0 Å². The van der Waals surface area contributed by atoms with Gasteiger partial charge in [0.2, 0.25) is 0 Å². The third-order valence-corrected chi connectivity index (χ3v) is 5.33. The average molecular weight is 430 g/mol. The number of thioether (sulfide) groups is 1. The Morgan fingerprint density at radius 1 is 0.968 bits per heavy atom. The van der Waals surface area contributed by atoms with Crippen LogP contribution in [0.4, 0.5) is 11.4 Å². The van der Waals surface area contributed by atoms with Crippen LogP contribution in [0.1, 0.15) is 5.56 Å². The normalized spacial score (nSPS) is 16.1. The van der Waals surface area contributed by atoms with E-state index in [0.29, 0.717) is 15.8 Å². The van der Waals surface area contributed by atoms with Crippen molar-refractivity contribution < 1.29 is 14.3 Å². The van der Waals surface area contributed by atoms with E-state index in [9.17, 15) is 9.59 Å². The van der Waals surface area contributed by atoms with Crippen LogP contribution in [-0.2, 0) is 9.59 Å². The zero-order valence-electron chi connectivity index (χ0n) is 16.5. The van der Waals surface area contributed by atoms with Crippen LogP contribution in [0, 0.1) is 0 Å². The molecule has 4 rings (SSSR count). The molecule has 2 amide bonds. The smallest absolute Gasteiger partial charge is 0.271 e. The first-order valence-electron chi connectivity index (χ1n) is 9.54. The fourth-order valence-electron chi connectivity index (χ4n) is 2.93. The van der Waals surface area contributed by atoms with Crippen LogP contribution in [0.15, 0.2) is 94.8 Å². The van der Waals surface area contributed by atoms with Crippen molar-refractivity contribution in [2.24, 2.45) is 10.7 Å². The Kier molecular flexibility index (Phi) is 6.14. The van der Waals surface area contributed by atoms with E-state index in [0.717, 1.165) is 16.9 Å². The van der Waals surface area contributed by atoms with E-state index in [-0.39, 0.29) is 12.5 Å². The van der Waals surface area contributed by atoms with Gasteiger partial charge in [-0.1, -0.05) is 48.5 Å². The maximum Gasteiger partial charge on any atom is 0.271 e. The van der Waals surface area contributed by atoms with Crippen molar-refractivity contribution >= 4 is 46.2 Å². The van der Waals surface area contributed by atoms with Gasteiger partial charge in [0.15, 0.2) is 11.8 Å². The summed E-state index contributed by atoms with van der Waals surface area (Å²) in [6.07, 6.45) is 1.81. The van der Waals surface area contributed by atoms with Crippen molar-refractivity contribution in [3.8, 4) is 5.75 Å². The van der Waals surface area contributed by atoms with Crippen molar-refractivity contribution in [3.05, 3.63) is 95.4 Å². The first kappa shape index (κ1) is 20.4. The first-order valence-corrected chi connectivity index (χ1v) is 10.4. The average Bonchev–Trinajstić information content (AvgIpc) is 3.09. The molecule has 1 aliphatic rings. The summed E-state index contributed by atoms with van der Waals surface area (Å²) in [6, 6.07) is 26.1. The number of hydrogen-bond acceptors (Lipinski definition) is 5. The molecule has 1 aliphatic heterocycles. The maximum absolute atomic E-state index is 13.2. The van der Waals surface area contributed by atoms with Crippen LogP contribution < -0.4 is 15.4 Å². The van der Waals surface area contributed by atoms with Gasteiger partial charge in [0.25, 0.3) is 11.8 Å². The standard InChI is InChI=1S/C24H19N3O3S/c25-22(28)16-30-20-13-11-17(12-14-20)15-21-23(29)27(19-9-5-2-6-10-19)24(31-21)26-18-7-3-1-4-8-18/h1-15H,16H2,(H2,25,28)/b21-15-,26-24?. The maximum atomic E-state index is 13.2. The van der Waals surface area contributed by atoms with E-state index in [2.05, 4.69) is 0 Å². The predicted octanol–water partition coefficient (Wildman–Crippen LogP) is 4.36. The lowest BCUT2D eigenvalue weighted by atomic mass is 10.2. The van der Waals surface area contributed by atoms with E-state index < -0.39 is 5.91 Å². The molecule has 1 heterocycles. The molecule has 0 aromatic heterocycles. The minimum Gasteiger partial charge on any atom is -0.484 e. The number of carbonyl (C=O) groups excluding carboxylic acids is 2. The summed E-state index contributed by atoms with van der Waals surface area (Å²) in [6.45, 7) is -0.180. The summed E-state index contributed by atoms with van der Waals surface area (Å²) in [7, 11) is 0. The monoisotopic (exact) mass is 429 g/mol. The molecule has 7 heteroatoms. The number of ether oxygens (including phenoxy) is 1. The largest absolute Gasteiger partial charge is 0.484 e. The molecule has 3 aromatic carbocycles. The predicted molar refractivity (Wildman–Crippen MR) is 124 cm³/mol. The Bertz CT molecular complexity index is 1140. The highest BCUT2D eigenvalue weighted by Gasteiger charge is 2.34.